The molecule has 0 fully saturated rings. The number of aromatic nitrogens is 1. The monoisotopic (exact) mass is 340 g/mol. The lowest BCUT2D eigenvalue weighted by atomic mass is 10.2. The zero-order chi connectivity index (χ0) is 16.9. The minimum atomic E-state index is -0.226. The Bertz CT molecular complexity index is 884. The van der Waals surface area contributed by atoms with Crippen LogP contribution in [0, 0.1) is 5.82 Å². The van der Waals surface area contributed by atoms with Gasteiger partial charge in [-0.3, -0.25) is 5.43 Å². The van der Waals surface area contributed by atoms with Crippen molar-refractivity contribution in [1.29, 1.82) is 0 Å². The third-order valence-electron chi connectivity index (χ3n) is 3.68. The summed E-state index contributed by atoms with van der Waals surface area (Å²) in [6, 6.07) is 14.6. The number of hydrazone groups is 1. The fourth-order valence-electron chi connectivity index (χ4n) is 2.51. The molecule has 0 amide bonds. The van der Waals surface area contributed by atoms with Crippen molar-refractivity contribution < 1.29 is 4.39 Å². The van der Waals surface area contributed by atoms with E-state index < -0.39 is 0 Å². The molecule has 122 valence electrons. The lowest BCUT2D eigenvalue weighted by Gasteiger charge is -2.05. The summed E-state index contributed by atoms with van der Waals surface area (Å²) >= 11 is 5.00. The average Bonchev–Trinajstić information content (AvgIpc) is 2.95. The molecule has 0 aliphatic carbocycles. The van der Waals surface area contributed by atoms with Crippen molar-refractivity contribution >= 4 is 34.4 Å². The summed E-state index contributed by atoms with van der Waals surface area (Å²) in [5, 5.41) is 8.51. The van der Waals surface area contributed by atoms with Crippen LogP contribution in [0.15, 0.2) is 59.8 Å². The number of nitrogens with one attached hydrogen (secondary N) is 2. The zero-order valence-corrected chi connectivity index (χ0v) is 14.0. The SMILES string of the molecule is CNC(=S)N/N=C/c1cn(Cc2ccc(F)cc2)c2ccccc12. The van der Waals surface area contributed by atoms with Crippen LogP contribution in [-0.2, 0) is 6.54 Å². The Balaban J connectivity index is 1.91. The Hall–Kier alpha value is -2.73. The quantitative estimate of drug-likeness (QED) is 0.435. The first-order valence-electron chi connectivity index (χ1n) is 7.50. The molecule has 3 rings (SSSR count). The van der Waals surface area contributed by atoms with Gasteiger partial charge in [-0.2, -0.15) is 5.10 Å². The van der Waals surface area contributed by atoms with Gasteiger partial charge < -0.3 is 9.88 Å². The molecule has 24 heavy (non-hydrogen) atoms. The standard InChI is InChI=1S/C18H17FN4S/c1-20-18(24)22-21-10-14-12-23(17-5-3-2-4-16(14)17)11-13-6-8-15(19)9-7-13/h2-10,12H,11H2,1H3,(H2,20,22,24)/b21-10+. The highest BCUT2D eigenvalue weighted by Gasteiger charge is 2.07. The number of halogens is 1. The molecule has 1 aromatic heterocycles. The maximum atomic E-state index is 13.1. The van der Waals surface area contributed by atoms with Crippen molar-refractivity contribution in [3.05, 3.63) is 71.7 Å². The summed E-state index contributed by atoms with van der Waals surface area (Å²) in [4.78, 5) is 0. The van der Waals surface area contributed by atoms with Crippen LogP contribution in [-0.4, -0.2) is 22.9 Å². The molecule has 0 radical (unpaired) electrons. The van der Waals surface area contributed by atoms with E-state index in [0.717, 1.165) is 22.0 Å². The van der Waals surface area contributed by atoms with E-state index in [2.05, 4.69) is 26.5 Å². The third-order valence-corrected chi connectivity index (χ3v) is 3.98. The van der Waals surface area contributed by atoms with E-state index in [1.54, 1.807) is 25.4 Å². The van der Waals surface area contributed by atoms with Crippen molar-refractivity contribution in [3.63, 3.8) is 0 Å². The summed E-state index contributed by atoms with van der Waals surface area (Å²) in [7, 11) is 1.74. The molecule has 0 saturated carbocycles. The van der Waals surface area contributed by atoms with E-state index in [1.807, 2.05) is 24.4 Å². The lowest BCUT2D eigenvalue weighted by Crippen LogP contribution is -2.28. The molecule has 0 bridgehead atoms. The summed E-state index contributed by atoms with van der Waals surface area (Å²) in [6.45, 7) is 0.664. The number of nitrogens with zero attached hydrogens (tertiary/aromatic N) is 2. The first-order chi connectivity index (χ1) is 11.7. The Labute approximate surface area is 145 Å². The van der Waals surface area contributed by atoms with Crippen LogP contribution < -0.4 is 10.7 Å². The van der Waals surface area contributed by atoms with Gasteiger partial charge in [-0.05, 0) is 36.0 Å². The van der Waals surface area contributed by atoms with Gasteiger partial charge in [0.25, 0.3) is 0 Å². The summed E-state index contributed by atoms with van der Waals surface area (Å²) in [5.41, 5.74) is 5.87. The minimum absolute atomic E-state index is 0.226. The van der Waals surface area contributed by atoms with Gasteiger partial charge in [0.1, 0.15) is 5.82 Å². The zero-order valence-electron chi connectivity index (χ0n) is 13.2. The molecule has 2 aromatic carbocycles. The van der Waals surface area contributed by atoms with E-state index >= 15 is 0 Å². The molecule has 4 nitrogen and oxygen atoms in total. The normalized spacial score (nSPS) is 11.1. The van der Waals surface area contributed by atoms with Crippen molar-refractivity contribution in [2.75, 3.05) is 7.05 Å². The molecule has 0 aliphatic heterocycles. The van der Waals surface area contributed by atoms with E-state index in [4.69, 9.17) is 12.2 Å². The largest absolute Gasteiger partial charge is 0.364 e. The summed E-state index contributed by atoms with van der Waals surface area (Å²) < 4.78 is 15.2. The Morgan fingerprint density at radius 2 is 1.96 bits per heavy atom. The maximum Gasteiger partial charge on any atom is 0.186 e. The van der Waals surface area contributed by atoms with Crippen molar-refractivity contribution in [3.8, 4) is 0 Å². The number of rotatable bonds is 4. The molecule has 3 aromatic rings. The molecule has 0 aliphatic rings. The van der Waals surface area contributed by atoms with E-state index in [0.29, 0.717) is 11.7 Å². The smallest absolute Gasteiger partial charge is 0.186 e. The summed E-state index contributed by atoms with van der Waals surface area (Å²) in [5.74, 6) is -0.226. The third kappa shape index (κ3) is 3.60. The minimum Gasteiger partial charge on any atom is -0.364 e. The lowest BCUT2D eigenvalue weighted by molar-refractivity contribution is 0.626. The number of hydrogen-bond acceptors (Lipinski definition) is 2. The van der Waals surface area contributed by atoms with E-state index in [-0.39, 0.29) is 5.82 Å². The number of benzene rings is 2. The second-order valence-corrected chi connectivity index (χ2v) is 5.71. The van der Waals surface area contributed by atoms with Gasteiger partial charge >= 0.3 is 0 Å². The highest BCUT2D eigenvalue weighted by molar-refractivity contribution is 7.80. The second kappa shape index (κ2) is 7.23. The first kappa shape index (κ1) is 16.1. The van der Waals surface area contributed by atoms with Crippen LogP contribution in [0.3, 0.4) is 0 Å². The maximum absolute atomic E-state index is 13.1. The highest BCUT2D eigenvalue weighted by atomic mass is 32.1. The molecule has 6 heteroatoms. The molecule has 1 heterocycles. The number of fused-ring (bicyclic) bond motifs is 1. The molecule has 0 saturated heterocycles. The van der Waals surface area contributed by atoms with Crippen LogP contribution in [0.2, 0.25) is 0 Å². The average molecular weight is 340 g/mol. The van der Waals surface area contributed by atoms with Gasteiger partial charge in [-0.1, -0.05) is 30.3 Å². The predicted octanol–water partition coefficient (Wildman–Crippen LogP) is 3.26. The molecular formula is C18H17FN4S. The Morgan fingerprint density at radius 3 is 2.71 bits per heavy atom. The molecule has 0 unspecified atom stereocenters. The predicted molar refractivity (Wildman–Crippen MR) is 99.8 cm³/mol. The van der Waals surface area contributed by atoms with E-state index in [9.17, 15) is 4.39 Å². The number of hydrogen-bond donors (Lipinski definition) is 2. The second-order valence-electron chi connectivity index (χ2n) is 5.31. The topological polar surface area (TPSA) is 41.4 Å². The molecule has 2 N–H and O–H groups in total. The fourth-order valence-corrected chi connectivity index (χ4v) is 2.56. The van der Waals surface area contributed by atoms with Gasteiger partial charge in [-0.15, -0.1) is 0 Å². The Morgan fingerprint density at radius 1 is 1.21 bits per heavy atom. The van der Waals surface area contributed by atoms with Gasteiger partial charge in [0.15, 0.2) is 5.11 Å². The van der Waals surface area contributed by atoms with Crippen LogP contribution in [0.4, 0.5) is 4.39 Å². The van der Waals surface area contributed by atoms with Gasteiger partial charge in [0.05, 0.1) is 6.21 Å². The molecule has 0 atom stereocenters. The fraction of sp³-hybridized carbons (Fsp3) is 0.111. The Kier molecular flexibility index (Phi) is 4.86. The summed E-state index contributed by atoms with van der Waals surface area (Å²) in [6.07, 6.45) is 3.77. The van der Waals surface area contributed by atoms with Gasteiger partial charge in [0, 0.05) is 36.3 Å². The molecule has 0 spiro atoms. The van der Waals surface area contributed by atoms with E-state index in [1.165, 1.54) is 12.1 Å². The van der Waals surface area contributed by atoms with Crippen molar-refractivity contribution in [1.82, 2.24) is 15.3 Å². The number of para-hydroxylation sites is 1. The highest BCUT2D eigenvalue weighted by Crippen LogP contribution is 2.21. The van der Waals surface area contributed by atoms with Crippen molar-refractivity contribution in [2.24, 2.45) is 5.10 Å². The van der Waals surface area contributed by atoms with Crippen molar-refractivity contribution in [2.45, 2.75) is 6.54 Å². The first-order valence-corrected chi connectivity index (χ1v) is 7.91. The molecular weight excluding hydrogens is 323 g/mol. The van der Waals surface area contributed by atoms with Crippen LogP contribution in [0.5, 0.6) is 0 Å². The van der Waals surface area contributed by atoms with Crippen LogP contribution in [0.25, 0.3) is 10.9 Å². The van der Waals surface area contributed by atoms with Crippen LogP contribution >= 0.6 is 12.2 Å². The van der Waals surface area contributed by atoms with Gasteiger partial charge in [0.2, 0.25) is 0 Å². The van der Waals surface area contributed by atoms with Gasteiger partial charge in [-0.25, -0.2) is 4.39 Å². The number of thiocarbonyl (C=S) groups is 1. The van der Waals surface area contributed by atoms with Crippen LogP contribution in [0.1, 0.15) is 11.1 Å².